The lowest BCUT2D eigenvalue weighted by Crippen LogP contribution is -2.52. The molecule has 10 nitrogen and oxygen atoms in total. The van der Waals surface area contributed by atoms with E-state index in [4.69, 9.17) is 30.8 Å². The molecule has 2 fully saturated rings. The van der Waals surface area contributed by atoms with Crippen LogP contribution in [0.4, 0.5) is 14.6 Å². The van der Waals surface area contributed by atoms with Crippen LogP contribution < -0.4 is 9.64 Å². The average molecular weight is 613 g/mol. The van der Waals surface area contributed by atoms with Gasteiger partial charge in [0.1, 0.15) is 18.2 Å². The number of rotatable bonds is 9. The van der Waals surface area contributed by atoms with Crippen molar-refractivity contribution in [3.05, 3.63) is 76.2 Å². The number of carbonyl (C=O) groups excluding carboxylic acids is 1. The van der Waals surface area contributed by atoms with E-state index in [1.165, 1.54) is 19.2 Å². The lowest BCUT2D eigenvalue weighted by Gasteiger charge is -2.40. The molecular weight excluding hydrogens is 582 g/mol. The van der Waals surface area contributed by atoms with Gasteiger partial charge < -0.3 is 23.7 Å². The van der Waals surface area contributed by atoms with Gasteiger partial charge in [0, 0.05) is 42.9 Å². The Hall–Kier alpha value is -3.87. The average Bonchev–Trinajstić information content (AvgIpc) is 3.31. The van der Waals surface area contributed by atoms with Gasteiger partial charge in [0.2, 0.25) is 0 Å². The Morgan fingerprint density at radius 1 is 1.14 bits per heavy atom. The fraction of sp³-hybridized carbons (Fsp3) is 0.400. The highest BCUT2D eigenvalue weighted by Crippen LogP contribution is 2.27. The maximum Gasteiger partial charge on any atom is 0.337 e. The monoisotopic (exact) mass is 612 g/mol. The van der Waals surface area contributed by atoms with Gasteiger partial charge in [0.15, 0.2) is 11.6 Å². The summed E-state index contributed by atoms with van der Waals surface area (Å²) in [5, 5.41) is 0.284. The van der Waals surface area contributed by atoms with Crippen molar-refractivity contribution in [2.45, 2.75) is 45.2 Å². The Labute approximate surface area is 252 Å². The molecule has 2 aliphatic rings. The maximum atomic E-state index is 14.9. The number of nitrogens with zero attached hydrogens (tertiary/aromatic N) is 6. The number of ether oxygens (including phenoxy) is 3. The van der Waals surface area contributed by atoms with Gasteiger partial charge in [-0.2, -0.15) is 4.98 Å². The smallest absolute Gasteiger partial charge is 0.337 e. The van der Waals surface area contributed by atoms with Crippen LogP contribution in [0.1, 0.15) is 35.1 Å². The van der Waals surface area contributed by atoms with Gasteiger partial charge in [-0.15, -0.1) is 0 Å². The van der Waals surface area contributed by atoms with Crippen molar-refractivity contribution in [3.8, 4) is 6.01 Å². The first-order valence-electron chi connectivity index (χ1n) is 14.1. The van der Waals surface area contributed by atoms with Crippen LogP contribution in [0.3, 0.4) is 0 Å². The number of piperazine rings is 1. The highest BCUT2D eigenvalue weighted by molar-refractivity contribution is 6.30. The van der Waals surface area contributed by atoms with Crippen molar-refractivity contribution in [3.63, 3.8) is 0 Å². The third kappa shape index (κ3) is 6.27. The first kappa shape index (κ1) is 29.2. The fourth-order valence-corrected chi connectivity index (χ4v) is 5.55. The van der Waals surface area contributed by atoms with E-state index in [2.05, 4.69) is 26.4 Å². The SMILES string of the molecule is COC(=O)c1ccc2nc(CN3CCN(c4nc(OCc5ccc(Cl)cc5F)ncc4F)C[C@@H]3C)n(C[C@@H]3CCO3)c2c1. The number of fused-ring (bicyclic) bond motifs is 1. The van der Waals surface area contributed by atoms with Crippen LogP contribution in [-0.2, 0) is 29.2 Å². The van der Waals surface area contributed by atoms with Crippen LogP contribution in [0.2, 0.25) is 5.02 Å². The van der Waals surface area contributed by atoms with E-state index in [0.29, 0.717) is 38.3 Å². The standard InChI is InChI=1S/C30H31ClF2N6O4/c1-18-14-38(28-24(33)13-34-30(36-28)43-17-20-3-5-21(31)12-23(20)32)9-8-37(18)16-27-35-25-6-4-19(29(40)41-2)11-26(25)39(27)15-22-7-10-42-22/h3-6,11-13,18,22H,7-10,14-17H2,1-2H3/t18-,22-/m0/s1. The zero-order chi connectivity index (χ0) is 30.1. The van der Waals surface area contributed by atoms with E-state index in [-0.39, 0.29) is 41.2 Å². The summed E-state index contributed by atoms with van der Waals surface area (Å²) in [6.07, 6.45) is 2.14. The molecular formula is C30H31ClF2N6O4. The number of benzene rings is 2. The minimum Gasteiger partial charge on any atom is -0.465 e. The summed E-state index contributed by atoms with van der Waals surface area (Å²) in [6.45, 7) is 5.56. The molecule has 6 rings (SSSR count). The molecule has 2 saturated heterocycles. The van der Waals surface area contributed by atoms with E-state index in [9.17, 15) is 13.6 Å². The molecule has 0 aliphatic carbocycles. The third-order valence-corrected chi connectivity index (χ3v) is 8.15. The van der Waals surface area contributed by atoms with Gasteiger partial charge >= 0.3 is 12.0 Å². The zero-order valence-electron chi connectivity index (χ0n) is 23.8. The molecule has 2 aromatic carbocycles. The molecule has 2 aliphatic heterocycles. The molecule has 2 atom stereocenters. The van der Waals surface area contributed by atoms with Crippen molar-refractivity contribution < 1.29 is 27.8 Å². The summed E-state index contributed by atoms with van der Waals surface area (Å²) in [7, 11) is 1.36. The summed E-state index contributed by atoms with van der Waals surface area (Å²) in [4.78, 5) is 29.5. The maximum absolute atomic E-state index is 14.9. The zero-order valence-corrected chi connectivity index (χ0v) is 24.6. The van der Waals surface area contributed by atoms with Crippen LogP contribution in [-0.4, -0.2) is 75.9 Å². The fourth-order valence-electron chi connectivity index (χ4n) is 5.39. The predicted octanol–water partition coefficient (Wildman–Crippen LogP) is 4.62. The number of methoxy groups -OCH3 is 1. The second kappa shape index (κ2) is 12.4. The van der Waals surface area contributed by atoms with Gasteiger partial charge in [-0.25, -0.2) is 23.5 Å². The first-order valence-corrected chi connectivity index (χ1v) is 14.4. The highest BCUT2D eigenvalue weighted by Gasteiger charge is 2.29. The molecule has 0 N–H and O–H groups in total. The van der Waals surface area contributed by atoms with E-state index >= 15 is 0 Å². The van der Waals surface area contributed by atoms with Crippen LogP contribution in [0, 0.1) is 11.6 Å². The highest BCUT2D eigenvalue weighted by atomic mass is 35.5. The van der Waals surface area contributed by atoms with Crippen LogP contribution >= 0.6 is 11.6 Å². The summed E-state index contributed by atoms with van der Waals surface area (Å²) in [6, 6.07) is 9.66. The van der Waals surface area contributed by atoms with Crippen molar-refractivity contribution in [1.82, 2.24) is 24.4 Å². The minimum atomic E-state index is -0.561. The van der Waals surface area contributed by atoms with Gasteiger partial charge in [0.25, 0.3) is 0 Å². The minimum absolute atomic E-state index is 0.0366. The summed E-state index contributed by atoms with van der Waals surface area (Å²) < 4.78 is 47.4. The predicted molar refractivity (Wildman–Crippen MR) is 155 cm³/mol. The van der Waals surface area contributed by atoms with Gasteiger partial charge in [-0.1, -0.05) is 17.7 Å². The van der Waals surface area contributed by atoms with E-state index in [1.807, 2.05) is 17.0 Å². The van der Waals surface area contributed by atoms with Gasteiger partial charge in [-0.05, 0) is 43.7 Å². The van der Waals surface area contributed by atoms with Crippen LogP contribution in [0.15, 0.2) is 42.6 Å². The van der Waals surface area contributed by atoms with Crippen LogP contribution in [0.5, 0.6) is 6.01 Å². The lowest BCUT2D eigenvalue weighted by atomic mass is 10.1. The lowest BCUT2D eigenvalue weighted by molar-refractivity contribution is -0.0592. The molecule has 13 heteroatoms. The Bertz CT molecular complexity index is 1650. The molecule has 4 aromatic rings. The van der Waals surface area contributed by atoms with E-state index in [0.717, 1.165) is 36.1 Å². The topological polar surface area (TPSA) is 94.8 Å². The van der Waals surface area contributed by atoms with Crippen LogP contribution in [0.25, 0.3) is 11.0 Å². The number of halogens is 3. The molecule has 0 saturated carbocycles. The Kier molecular flexibility index (Phi) is 8.42. The van der Waals surface area contributed by atoms with E-state index < -0.39 is 17.6 Å². The third-order valence-electron chi connectivity index (χ3n) is 7.91. The Morgan fingerprint density at radius 2 is 1.98 bits per heavy atom. The van der Waals surface area contributed by atoms with Gasteiger partial charge in [-0.3, -0.25) is 4.90 Å². The second-order valence-electron chi connectivity index (χ2n) is 10.7. The molecule has 2 aromatic heterocycles. The number of hydrogen-bond donors (Lipinski definition) is 0. The summed E-state index contributed by atoms with van der Waals surface area (Å²) in [5.74, 6) is -0.459. The Morgan fingerprint density at radius 3 is 2.70 bits per heavy atom. The second-order valence-corrected chi connectivity index (χ2v) is 11.2. The molecule has 43 heavy (non-hydrogen) atoms. The number of anilines is 1. The molecule has 4 heterocycles. The number of imidazole rings is 1. The van der Waals surface area contributed by atoms with Crippen molar-refractivity contribution in [2.75, 3.05) is 38.3 Å². The van der Waals surface area contributed by atoms with Crippen molar-refractivity contribution >= 4 is 34.4 Å². The number of hydrogen-bond acceptors (Lipinski definition) is 9. The normalized spacial score (nSPS) is 19.0. The van der Waals surface area contributed by atoms with Crippen molar-refractivity contribution in [2.24, 2.45) is 0 Å². The summed E-state index contributed by atoms with van der Waals surface area (Å²) >= 11 is 5.82. The number of esters is 1. The molecule has 0 amide bonds. The molecule has 226 valence electrons. The quantitative estimate of drug-likeness (QED) is 0.251. The largest absolute Gasteiger partial charge is 0.465 e. The molecule has 0 radical (unpaired) electrons. The summed E-state index contributed by atoms with van der Waals surface area (Å²) in [5.41, 5.74) is 2.40. The number of carbonyl (C=O) groups is 1. The number of aromatic nitrogens is 4. The molecule has 0 unspecified atom stereocenters. The molecule has 0 spiro atoms. The molecule has 0 bridgehead atoms. The van der Waals surface area contributed by atoms with E-state index in [1.54, 1.807) is 12.1 Å². The van der Waals surface area contributed by atoms with Gasteiger partial charge in [0.05, 0.1) is 49.1 Å². The van der Waals surface area contributed by atoms with Crippen molar-refractivity contribution in [1.29, 1.82) is 0 Å². The Balaban J connectivity index is 1.16. The first-order chi connectivity index (χ1) is 20.8.